The molecule has 0 saturated heterocycles. The van der Waals surface area contributed by atoms with Crippen molar-refractivity contribution in [3.05, 3.63) is 11.5 Å². The molecule has 4 heteroatoms. The molecule has 1 heterocycles. The second-order valence-electron chi connectivity index (χ2n) is 2.12. The van der Waals surface area contributed by atoms with Gasteiger partial charge in [-0.2, -0.15) is 4.98 Å². The van der Waals surface area contributed by atoms with Crippen LogP contribution in [0.1, 0.15) is 24.5 Å². The molecule has 1 rings (SSSR count). The van der Waals surface area contributed by atoms with Gasteiger partial charge in [-0.05, 0) is 13.8 Å². The molecule has 0 amide bonds. The molecule has 0 radical (unpaired) electrons. The number of rotatable bonds is 1. The van der Waals surface area contributed by atoms with Gasteiger partial charge in [0.15, 0.2) is 11.9 Å². The van der Waals surface area contributed by atoms with Crippen LogP contribution in [-0.2, 0) is 0 Å². The van der Waals surface area contributed by atoms with Crippen molar-refractivity contribution in [1.29, 1.82) is 0 Å². The fourth-order valence-corrected chi connectivity index (χ4v) is 0.799. The minimum Gasteiger partial charge on any atom is -0.425 e. The van der Waals surface area contributed by atoms with Gasteiger partial charge >= 0.3 is 0 Å². The summed E-state index contributed by atoms with van der Waals surface area (Å²) in [7, 11) is 0. The molecule has 0 aliphatic carbocycles. The van der Waals surface area contributed by atoms with Crippen molar-refractivity contribution >= 4 is 6.01 Å². The van der Waals surface area contributed by atoms with Crippen LogP contribution in [0.2, 0.25) is 0 Å². The number of nitrogens with two attached hydrogens (primary N) is 1. The van der Waals surface area contributed by atoms with E-state index in [2.05, 4.69) is 4.98 Å². The van der Waals surface area contributed by atoms with E-state index >= 15 is 0 Å². The summed E-state index contributed by atoms with van der Waals surface area (Å²) in [6.45, 7) is 3.04. The predicted octanol–water partition coefficient (Wildman–Crippen LogP) is 1.60. The minimum absolute atomic E-state index is 0.0250. The summed E-state index contributed by atoms with van der Waals surface area (Å²) in [5, 5.41) is 0. The number of nitrogens with zero attached hydrogens (tertiary/aromatic N) is 1. The van der Waals surface area contributed by atoms with E-state index in [1.54, 1.807) is 6.92 Å². The van der Waals surface area contributed by atoms with Crippen molar-refractivity contribution in [2.24, 2.45) is 0 Å². The van der Waals surface area contributed by atoms with E-state index in [4.69, 9.17) is 10.2 Å². The zero-order valence-corrected chi connectivity index (χ0v) is 5.89. The Labute approximate surface area is 58.0 Å². The molecule has 1 atom stereocenters. The van der Waals surface area contributed by atoms with Crippen LogP contribution in [0.5, 0.6) is 0 Å². The Bertz CT molecular complexity index is 232. The molecule has 0 aliphatic rings. The van der Waals surface area contributed by atoms with Gasteiger partial charge in [-0.1, -0.05) is 0 Å². The van der Waals surface area contributed by atoms with Crippen LogP contribution in [0.25, 0.3) is 0 Å². The minimum atomic E-state index is -1.13. The quantitative estimate of drug-likeness (QED) is 0.651. The Morgan fingerprint density at radius 3 is 2.50 bits per heavy atom. The Morgan fingerprint density at radius 2 is 2.30 bits per heavy atom. The van der Waals surface area contributed by atoms with Gasteiger partial charge in [-0.25, -0.2) is 4.39 Å². The topological polar surface area (TPSA) is 52.0 Å². The zero-order valence-electron chi connectivity index (χ0n) is 5.89. The number of hydrogen-bond acceptors (Lipinski definition) is 3. The molecule has 1 unspecified atom stereocenters. The molecule has 2 N–H and O–H groups in total. The van der Waals surface area contributed by atoms with Crippen molar-refractivity contribution in [3.8, 4) is 0 Å². The van der Waals surface area contributed by atoms with Gasteiger partial charge in [0.05, 0.1) is 5.69 Å². The molecule has 1 aromatic heterocycles. The summed E-state index contributed by atoms with van der Waals surface area (Å²) in [6, 6.07) is 0.0250. The zero-order chi connectivity index (χ0) is 7.72. The lowest BCUT2D eigenvalue weighted by molar-refractivity contribution is 0.312. The molecule has 3 nitrogen and oxygen atoms in total. The maximum atomic E-state index is 12.5. The highest BCUT2D eigenvalue weighted by Crippen LogP contribution is 2.21. The molecule has 1 aromatic rings. The second kappa shape index (κ2) is 2.28. The highest BCUT2D eigenvalue weighted by atomic mass is 19.1. The third-order valence-corrected chi connectivity index (χ3v) is 1.21. The van der Waals surface area contributed by atoms with Gasteiger partial charge in [0, 0.05) is 0 Å². The van der Waals surface area contributed by atoms with E-state index in [-0.39, 0.29) is 11.8 Å². The Morgan fingerprint density at radius 1 is 1.70 bits per heavy atom. The molecular weight excluding hydrogens is 135 g/mol. The summed E-state index contributed by atoms with van der Waals surface area (Å²) < 4.78 is 17.3. The van der Waals surface area contributed by atoms with Crippen LogP contribution >= 0.6 is 0 Å². The summed E-state index contributed by atoms with van der Waals surface area (Å²) in [6.07, 6.45) is -1.13. The molecule has 0 aliphatic heterocycles. The number of alkyl halides is 1. The summed E-state index contributed by atoms with van der Waals surface area (Å²) in [4.78, 5) is 3.70. The first-order chi connectivity index (χ1) is 4.61. The Hall–Kier alpha value is -1.06. The molecule has 0 spiro atoms. The van der Waals surface area contributed by atoms with E-state index in [1.165, 1.54) is 6.92 Å². The van der Waals surface area contributed by atoms with E-state index in [0.717, 1.165) is 0 Å². The van der Waals surface area contributed by atoms with Gasteiger partial charge < -0.3 is 10.2 Å². The van der Waals surface area contributed by atoms with Crippen molar-refractivity contribution in [2.75, 3.05) is 5.73 Å². The van der Waals surface area contributed by atoms with Crippen LogP contribution in [0.15, 0.2) is 4.42 Å². The first kappa shape index (κ1) is 7.05. The SMILES string of the molecule is Cc1nc(N)oc1C(C)F. The number of aromatic nitrogens is 1. The maximum Gasteiger partial charge on any atom is 0.292 e. The van der Waals surface area contributed by atoms with Gasteiger partial charge in [0.25, 0.3) is 6.01 Å². The lowest BCUT2D eigenvalue weighted by Crippen LogP contribution is -1.84. The fraction of sp³-hybridized carbons (Fsp3) is 0.500. The molecule has 0 saturated carbocycles. The Kier molecular flexibility index (Phi) is 1.61. The molecule has 56 valence electrons. The lowest BCUT2D eigenvalue weighted by Gasteiger charge is -1.94. The monoisotopic (exact) mass is 144 g/mol. The summed E-state index contributed by atoms with van der Waals surface area (Å²) in [5.74, 6) is 0.220. The third kappa shape index (κ3) is 1.10. The van der Waals surface area contributed by atoms with E-state index in [0.29, 0.717) is 5.69 Å². The van der Waals surface area contributed by atoms with E-state index < -0.39 is 6.17 Å². The van der Waals surface area contributed by atoms with Gasteiger partial charge in [-0.15, -0.1) is 0 Å². The number of hydrogen-bond donors (Lipinski definition) is 1. The maximum absolute atomic E-state index is 12.5. The second-order valence-corrected chi connectivity index (χ2v) is 2.12. The smallest absolute Gasteiger partial charge is 0.292 e. The average molecular weight is 144 g/mol. The van der Waals surface area contributed by atoms with Crippen LogP contribution in [-0.4, -0.2) is 4.98 Å². The van der Waals surface area contributed by atoms with Crippen LogP contribution in [0.3, 0.4) is 0 Å². The van der Waals surface area contributed by atoms with Crippen LogP contribution in [0, 0.1) is 6.92 Å². The summed E-state index contributed by atoms with van der Waals surface area (Å²) in [5.41, 5.74) is 5.69. The van der Waals surface area contributed by atoms with Gasteiger partial charge in [0.2, 0.25) is 0 Å². The molecule has 0 bridgehead atoms. The van der Waals surface area contributed by atoms with Crippen LogP contribution < -0.4 is 5.73 Å². The molecular formula is C6H9FN2O. The van der Waals surface area contributed by atoms with Crippen molar-refractivity contribution in [2.45, 2.75) is 20.0 Å². The fourth-order valence-electron chi connectivity index (χ4n) is 0.799. The highest BCUT2D eigenvalue weighted by molar-refractivity contribution is 5.19. The van der Waals surface area contributed by atoms with Gasteiger partial charge in [0.1, 0.15) is 0 Å². The molecule has 10 heavy (non-hydrogen) atoms. The first-order valence-electron chi connectivity index (χ1n) is 2.98. The Balaban J connectivity index is 3.03. The predicted molar refractivity (Wildman–Crippen MR) is 35.2 cm³/mol. The summed E-state index contributed by atoms with van der Waals surface area (Å²) >= 11 is 0. The number of halogens is 1. The van der Waals surface area contributed by atoms with E-state index in [9.17, 15) is 4.39 Å². The number of nitrogen functional groups attached to an aromatic ring is 1. The number of oxazole rings is 1. The standard InChI is InChI=1S/C6H9FN2O/c1-3(7)5-4(2)9-6(8)10-5/h3H,1-2H3,(H2,8,9). The first-order valence-corrected chi connectivity index (χ1v) is 2.98. The van der Waals surface area contributed by atoms with Crippen molar-refractivity contribution in [3.63, 3.8) is 0 Å². The van der Waals surface area contributed by atoms with E-state index in [1.807, 2.05) is 0 Å². The largest absolute Gasteiger partial charge is 0.425 e. The highest BCUT2D eigenvalue weighted by Gasteiger charge is 2.13. The van der Waals surface area contributed by atoms with Crippen molar-refractivity contribution in [1.82, 2.24) is 4.98 Å². The van der Waals surface area contributed by atoms with Crippen molar-refractivity contribution < 1.29 is 8.81 Å². The molecule has 0 aromatic carbocycles. The third-order valence-electron chi connectivity index (χ3n) is 1.21. The van der Waals surface area contributed by atoms with Crippen LogP contribution in [0.4, 0.5) is 10.4 Å². The number of aryl methyl sites for hydroxylation is 1. The average Bonchev–Trinajstić information content (AvgIpc) is 2.10. The van der Waals surface area contributed by atoms with Gasteiger partial charge in [-0.3, -0.25) is 0 Å². The lowest BCUT2D eigenvalue weighted by atomic mass is 10.3. The molecule has 0 fully saturated rings. The normalized spacial score (nSPS) is 13.5. The number of anilines is 1.